The average molecular weight is 253 g/mol. The molecule has 5 heteroatoms. The molecule has 1 unspecified atom stereocenters. The summed E-state index contributed by atoms with van der Waals surface area (Å²) in [4.78, 5) is 13.7. The van der Waals surface area contributed by atoms with Crippen LogP contribution in [-0.2, 0) is 11.3 Å². The molecular formula is C13H19NO4. The number of ether oxygens (including phenoxy) is 1. The second-order valence-electron chi connectivity index (χ2n) is 4.94. The molecule has 1 fully saturated rings. The number of rotatable bonds is 4. The average Bonchev–Trinajstić information content (AvgIpc) is 2.86. The number of likely N-dealkylation sites (tertiary alicyclic amines) is 1. The molecule has 0 aromatic carbocycles. The molecule has 0 bridgehead atoms. The Morgan fingerprint density at radius 2 is 2.44 bits per heavy atom. The van der Waals surface area contributed by atoms with Crippen molar-refractivity contribution in [1.82, 2.24) is 4.90 Å². The Labute approximate surface area is 106 Å². The summed E-state index contributed by atoms with van der Waals surface area (Å²) in [6, 6.07) is 1.63. The van der Waals surface area contributed by atoms with E-state index in [1.807, 2.05) is 6.92 Å². The lowest BCUT2D eigenvalue weighted by Crippen LogP contribution is -2.29. The third kappa shape index (κ3) is 2.91. The maximum absolute atomic E-state index is 11.7. The monoisotopic (exact) mass is 253 g/mol. The van der Waals surface area contributed by atoms with Gasteiger partial charge in [-0.1, -0.05) is 0 Å². The number of carbonyl (C=O) groups excluding carboxylic acids is 1. The first-order valence-electron chi connectivity index (χ1n) is 6.20. The van der Waals surface area contributed by atoms with Gasteiger partial charge in [0.05, 0.1) is 25.0 Å². The summed E-state index contributed by atoms with van der Waals surface area (Å²) in [5.74, 6) is 0.248. The smallest absolute Gasteiger partial charge is 0.341 e. The van der Waals surface area contributed by atoms with Crippen molar-refractivity contribution in [3.63, 3.8) is 0 Å². The van der Waals surface area contributed by atoms with Crippen molar-refractivity contribution >= 4 is 5.97 Å². The number of furan rings is 1. The standard InChI is InChI=1S/C13H19NO4/c1-3-17-12(15)10-4-7-18-11(10)8-14-6-5-13(2,16)9-14/h4,7,16H,3,5-6,8-9H2,1-2H3. The van der Waals surface area contributed by atoms with Crippen LogP contribution in [0, 0.1) is 0 Å². The van der Waals surface area contributed by atoms with Crippen molar-refractivity contribution < 1.29 is 19.1 Å². The Kier molecular flexibility index (Phi) is 3.73. The number of hydrogen-bond donors (Lipinski definition) is 1. The fourth-order valence-corrected chi connectivity index (χ4v) is 2.23. The van der Waals surface area contributed by atoms with Gasteiger partial charge in [-0.05, 0) is 26.3 Å². The van der Waals surface area contributed by atoms with Crippen LogP contribution in [0.1, 0.15) is 36.4 Å². The van der Waals surface area contributed by atoms with E-state index >= 15 is 0 Å². The third-order valence-corrected chi connectivity index (χ3v) is 3.14. The summed E-state index contributed by atoms with van der Waals surface area (Å²) in [7, 11) is 0. The van der Waals surface area contributed by atoms with Crippen LogP contribution in [0.2, 0.25) is 0 Å². The summed E-state index contributed by atoms with van der Waals surface area (Å²) in [6.07, 6.45) is 2.23. The molecule has 1 N–H and O–H groups in total. The van der Waals surface area contributed by atoms with Crippen molar-refractivity contribution in [2.75, 3.05) is 19.7 Å². The number of aliphatic hydroxyl groups is 1. The molecule has 0 amide bonds. The molecule has 0 saturated carbocycles. The molecule has 1 aromatic heterocycles. The first-order valence-corrected chi connectivity index (χ1v) is 6.20. The Morgan fingerprint density at radius 3 is 3.06 bits per heavy atom. The van der Waals surface area contributed by atoms with Gasteiger partial charge in [-0.3, -0.25) is 4.90 Å². The first-order chi connectivity index (χ1) is 8.52. The summed E-state index contributed by atoms with van der Waals surface area (Å²) < 4.78 is 10.3. The lowest BCUT2D eigenvalue weighted by Gasteiger charge is -2.18. The van der Waals surface area contributed by atoms with E-state index in [0.717, 1.165) is 13.0 Å². The van der Waals surface area contributed by atoms with Gasteiger partial charge in [0.1, 0.15) is 11.3 Å². The van der Waals surface area contributed by atoms with E-state index in [4.69, 9.17) is 9.15 Å². The molecule has 0 aliphatic carbocycles. The Bertz CT molecular complexity index is 424. The number of β-amino-alcohol motifs (C(OH)–C–C–N with tert-alkyl or cyclic N) is 1. The molecule has 0 spiro atoms. The highest BCUT2D eigenvalue weighted by molar-refractivity contribution is 5.90. The predicted molar refractivity (Wildman–Crippen MR) is 65.2 cm³/mol. The minimum atomic E-state index is -0.642. The van der Waals surface area contributed by atoms with Crippen LogP contribution < -0.4 is 0 Å². The van der Waals surface area contributed by atoms with Gasteiger partial charge in [-0.25, -0.2) is 4.79 Å². The highest BCUT2D eigenvalue weighted by Crippen LogP contribution is 2.23. The highest BCUT2D eigenvalue weighted by Gasteiger charge is 2.32. The van der Waals surface area contributed by atoms with Gasteiger partial charge in [0.25, 0.3) is 0 Å². The Morgan fingerprint density at radius 1 is 1.67 bits per heavy atom. The van der Waals surface area contributed by atoms with Crippen LogP contribution in [0.25, 0.3) is 0 Å². The molecule has 1 saturated heterocycles. The number of esters is 1. The molecule has 0 radical (unpaired) electrons. The molecular weight excluding hydrogens is 234 g/mol. The van der Waals surface area contributed by atoms with Crippen molar-refractivity contribution in [1.29, 1.82) is 0 Å². The van der Waals surface area contributed by atoms with Crippen LogP contribution in [0.15, 0.2) is 16.7 Å². The molecule has 2 heterocycles. The largest absolute Gasteiger partial charge is 0.467 e. The molecule has 100 valence electrons. The summed E-state index contributed by atoms with van der Waals surface area (Å²) in [5, 5.41) is 9.89. The topological polar surface area (TPSA) is 62.9 Å². The molecule has 1 aromatic rings. The SMILES string of the molecule is CCOC(=O)c1ccoc1CN1CCC(C)(O)C1. The number of hydrogen-bond acceptors (Lipinski definition) is 5. The zero-order chi connectivity index (χ0) is 13.2. The first kappa shape index (κ1) is 13.1. The maximum Gasteiger partial charge on any atom is 0.341 e. The lowest BCUT2D eigenvalue weighted by atomic mass is 10.1. The zero-order valence-electron chi connectivity index (χ0n) is 10.8. The van der Waals surface area contributed by atoms with Gasteiger partial charge in [-0.2, -0.15) is 0 Å². The van der Waals surface area contributed by atoms with Crippen molar-refractivity contribution in [2.24, 2.45) is 0 Å². The van der Waals surface area contributed by atoms with E-state index in [-0.39, 0.29) is 5.97 Å². The van der Waals surface area contributed by atoms with Crippen LogP contribution in [0.3, 0.4) is 0 Å². The van der Waals surface area contributed by atoms with Gasteiger partial charge in [0.2, 0.25) is 0 Å². The van der Waals surface area contributed by atoms with Crippen molar-refractivity contribution in [3.8, 4) is 0 Å². The molecule has 2 rings (SSSR count). The van der Waals surface area contributed by atoms with Gasteiger partial charge in [-0.15, -0.1) is 0 Å². The second kappa shape index (κ2) is 5.12. The van der Waals surface area contributed by atoms with Crippen LogP contribution >= 0.6 is 0 Å². The predicted octanol–water partition coefficient (Wildman–Crippen LogP) is 1.41. The minimum Gasteiger partial charge on any atom is -0.467 e. The molecule has 18 heavy (non-hydrogen) atoms. The fraction of sp³-hybridized carbons (Fsp3) is 0.615. The van der Waals surface area contributed by atoms with Crippen LogP contribution in [0.4, 0.5) is 0 Å². The molecule has 1 atom stereocenters. The normalized spacial score (nSPS) is 24.4. The van der Waals surface area contributed by atoms with E-state index in [2.05, 4.69) is 4.90 Å². The van der Waals surface area contributed by atoms with E-state index in [9.17, 15) is 9.90 Å². The van der Waals surface area contributed by atoms with Gasteiger partial charge >= 0.3 is 5.97 Å². The van der Waals surface area contributed by atoms with E-state index < -0.39 is 5.60 Å². The second-order valence-corrected chi connectivity index (χ2v) is 4.94. The lowest BCUT2D eigenvalue weighted by molar-refractivity contribution is 0.0521. The van der Waals surface area contributed by atoms with Crippen molar-refractivity contribution in [3.05, 3.63) is 23.7 Å². The summed E-state index contributed by atoms with van der Waals surface area (Å²) >= 11 is 0. The van der Waals surface area contributed by atoms with Gasteiger partial charge in [0.15, 0.2) is 0 Å². The Hall–Kier alpha value is -1.33. The van der Waals surface area contributed by atoms with Gasteiger partial charge in [0, 0.05) is 13.1 Å². The minimum absolute atomic E-state index is 0.349. The third-order valence-electron chi connectivity index (χ3n) is 3.14. The zero-order valence-corrected chi connectivity index (χ0v) is 10.8. The molecule has 1 aliphatic rings. The summed E-state index contributed by atoms with van der Waals surface area (Å²) in [5.41, 5.74) is -0.167. The number of carbonyl (C=O) groups is 1. The molecule has 1 aliphatic heterocycles. The van der Waals surface area contributed by atoms with Crippen LogP contribution in [0.5, 0.6) is 0 Å². The van der Waals surface area contributed by atoms with E-state index in [1.165, 1.54) is 6.26 Å². The number of nitrogens with zero attached hydrogens (tertiary/aromatic N) is 1. The quantitative estimate of drug-likeness (QED) is 0.822. The van der Waals surface area contributed by atoms with E-state index in [1.54, 1.807) is 13.0 Å². The molecule has 5 nitrogen and oxygen atoms in total. The Balaban J connectivity index is 2.02. The van der Waals surface area contributed by atoms with E-state index in [0.29, 0.717) is 31.0 Å². The van der Waals surface area contributed by atoms with Crippen LogP contribution in [-0.4, -0.2) is 41.3 Å². The van der Waals surface area contributed by atoms with Gasteiger partial charge < -0.3 is 14.3 Å². The fourth-order valence-electron chi connectivity index (χ4n) is 2.23. The van der Waals surface area contributed by atoms with Crippen molar-refractivity contribution in [2.45, 2.75) is 32.4 Å². The maximum atomic E-state index is 11.7. The highest BCUT2D eigenvalue weighted by atomic mass is 16.5. The summed E-state index contributed by atoms with van der Waals surface area (Å²) in [6.45, 7) is 5.86.